The van der Waals surface area contributed by atoms with Crippen molar-refractivity contribution in [3.8, 4) is 22.8 Å². The Hall–Kier alpha value is -4.75. The van der Waals surface area contributed by atoms with Crippen LogP contribution in [-0.2, 0) is 0 Å². The van der Waals surface area contributed by atoms with Crippen molar-refractivity contribution in [1.29, 1.82) is 0 Å². The van der Waals surface area contributed by atoms with E-state index in [1.807, 2.05) is 72.8 Å². The Labute approximate surface area is 210 Å². The summed E-state index contributed by atoms with van der Waals surface area (Å²) in [7, 11) is 0. The lowest BCUT2D eigenvalue weighted by molar-refractivity contribution is 0.488. The van der Waals surface area contributed by atoms with E-state index in [-0.39, 0.29) is 5.56 Å². The monoisotopic (exact) mass is 491 g/mol. The summed E-state index contributed by atoms with van der Waals surface area (Å²) in [5, 5.41) is 14.9. The fourth-order valence-electron chi connectivity index (χ4n) is 4.06. The Bertz CT molecular complexity index is 1780. The standard InChI is InChI=1S/C28H18ClN5O2/c29-18-13-11-17(12-14-18)26-19-6-1-2-7-20(19)28(34-33-26)32-21-8-3-4-10-23(21)36-24-16-25(35)31-22-9-5-15-30-27(22)24/h1-16H,(H,31,35)(H,32,34). The van der Waals surface area contributed by atoms with Gasteiger partial charge in [-0.3, -0.25) is 9.78 Å². The number of fused-ring (bicyclic) bond motifs is 2. The van der Waals surface area contributed by atoms with Crippen LogP contribution in [0.15, 0.2) is 102 Å². The average molecular weight is 492 g/mol. The number of para-hydroxylation sites is 2. The SMILES string of the molecule is O=c1cc(Oc2ccccc2Nc2nnc(-c3ccc(Cl)cc3)c3ccccc23)c2ncccc2[nH]1. The van der Waals surface area contributed by atoms with Crippen LogP contribution in [-0.4, -0.2) is 20.2 Å². The summed E-state index contributed by atoms with van der Waals surface area (Å²) < 4.78 is 6.19. The first-order valence-corrected chi connectivity index (χ1v) is 11.6. The average Bonchev–Trinajstić information content (AvgIpc) is 2.90. The molecule has 0 fully saturated rings. The predicted octanol–water partition coefficient (Wildman–Crippen LogP) is 6.72. The highest BCUT2D eigenvalue weighted by Crippen LogP contribution is 2.36. The maximum Gasteiger partial charge on any atom is 0.252 e. The lowest BCUT2D eigenvalue weighted by Gasteiger charge is -2.15. The van der Waals surface area contributed by atoms with Crippen LogP contribution >= 0.6 is 11.6 Å². The first kappa shape index (κ1) is 21.8. The van der Waals surface area contributed by atoms with E-state index in [0.29, 0.717) is 39.1 Å². The smallest absolute Gasteiger partial charge is 0.252 e. The third kappa shape index (κ3) is 4.12. The Kier molecular flexibility index (Phi) is 5.52. The minimum atomic E-state index is -0.273. The molecule has 3 heterocycles. The Morgan fingerprint density at radius 2 is 1.58 bits per heavy atom. The number of aromatic nitrogens is 4. The number of nitrogens with one attached hydrogen (secondary N) is 2. The summed E-state index contributed by atoms with van der Waals surface area (Å²) in [4.78, 5) is 19.3. The van der Waals surface area contributed by atoms with E-state index in [1.54, 1.807) is 18.3 Å². The molecular weight excluding hydrogens is 474 g/mol. The molecule has 0 radical (unpaired) electrons. The summed E-state index contributed by atoms with van der Waals surface area (Å²) >= 11 is 6.07. The number of ether oxygens (including phenoxy) is 1. The molecule has 174 valence electrons. The highest BCUT2D eigenvalue weighted by molar-refractivity contribution is 6.30. The van der Waals surface area contributed by atoms with Gasteiger partial charge in [0.15, 0.2) is 17.3 Å². The molecule has 6 rings (SSSR count). The second-order valence-corrected chi connectivity index (χ2v) is 8.51. The van der Waals surface area contributed by atoms with E-state index in [4.69, 9.17) is 16.3 Å². The van der Waals surface area contributed by atoms with Crippen LogP contribution in [0, 0.1) is 0 Å². The van der Waals surface area contributed by atoms with Crippen LogP contribution in [0.4, 0.5) is 11.5 Å². The third-order valence-electron chi connectivity index (χ3n) is 5.73. The highest BCUT2D eigenvalue weighted by Gasteiger charge is 2.14. The number of pyridine rings is 2. The van der Waals surface area contributed by atoms with Crippen molar-refractivity contribution in [3.63, 3.8) is 0 Å². The number of nitrogens with zero attached hydrogens (tertiary/aromatic N) is 3. The molecule has 0 aliphatic heterocycles. The number of H-pyrrole nitrogens is 1. The van der Waals surface area contributed by atoms with E-state index in [2.05, 4.69) is 25.5 Å². The summed E-state index contributed by atoms with van der Waals surface area (Å²) in [5.74, 6) is 1.45. The molecule has 3 aromatic carbocycles. The lowest BCUT2D eigenvalue weighted by atomic mass is 10.0. The molecule has 8 heteroatoms. The van der Waals surface area contributed by atoms with Crippen molar-refractivity contribution in [2.75, 3.05) is 5.32 Å². The van der Waals surface area contributed by atoms with Gasteiger partial charge in [0, 0.05) is 33.6 Å². The van der Waals surface area contributed by atoms with Crippen molar-refractivity contribution in [1.82, 2.24) is 20.2 Å². The molecule has 3 aromatic heterocycles. The highest BCUT2D eigenvalue weighted by atomic mass is 35.5. The fourth-order valence-corrected chi connectivity index (χ4v) is 4.18. The number of anilines is 2. The van der Waals surface area contributed by atoms with Crippen molar-refractivity contribution in [2.45, 2.75) is 0 Å². The van der Waals surface area contributed by atoms with Gasteiger partial charge in [-0.05, 0) is 36.4 Å². The second kappa shape index (κ2) is 9.13. The number of hydrogen-bond donors (Lipinski definition) is 2. The van der Waals surface area contributed by atoms with Crippen LogP contribution in [0.25, 0.3) is 33.1 Å². The van der Waals surface area contributed by atoms with Crippen LogP contribution < -0.4 is 15.6 Å². The van der Waals surface area contributed by atoms with Gasteiger partial charge in [-0.1, -0.05) is 60.1 Å². The summed E-state index contributed by atoms with van der Waals surface area (Å²) in [6, 6.07) is 27.8. The van der Waals surface area contributed by atoms with Crippen LogP contribution in [0.1, 0.15) is 0 Å². The van der Waals surface area contributed by atoms with Crippen LogP contribution in [0.3, 0.4) is 0 Å². The molecule has 0 saturated heterocycles. The van der Waals surface area contributed by atoms with Gasteiger partial charge in [0.25, 0.3) is 5.56 Å². The van der Waals surface area contributed by atoms with E-state index >= 15 is 0 Å². The molecule has 0 aliphatic rings. The van der Waals surface area contributed by atoms with Gasteiger partial charge in [-0.25, -0.2) is 0 Å². The lowest BCUT2D eigenvalue weighted by Crippen LogP contribution is -2.06. The van der Waals surface area contributed by atoms with E-state index < -0.39 is 0 Å². The Morgan fingerprint density at radius 1 is 0.806 bits per heavy atom. The maximum atomic E-state index is 12.2. The topological polar surface area (TPSA) is 92.8 Å². The zero-order chi connectivity index (χ0) is 24.5. The van der Waals surface area contributed by atoms with Crippen LogP contribution in [0.5, 0.6) is 11.5 Å². The molecule has 0 amide bonds. The molecule has 0 atom stereocenters. The van der Waals surface area contributed by atoms with E-state index in [1.165, 1.54) is 6.07 Å². The minimum Gasteiger partial charge on any atom is -0.453 e. The first-order valence-electron chi connectivity index (χ1n) is 11.2. The molecule has 0 bridgehead atoms. The number of aromatic amines is 1. The van der Waals surface area contributed by atoms with Crippen molar-refractivity contribution >= 4 is 44.9 Å². The largest absolute Gasteiger partial charge is 0.453 e. The van der Waals surface area contributed by atoms with Gasteiger partial charge in [0.05, 0.1) is 11.2 Å². The maximum absolute atomic E-state index is 12.2. The van der Waals surface area contributed by atoms with Gasteiger partial charge >= 0.3 is 0 Å². The van der Waals surface area contributed by atoms with Crippen molar-refractivity contribution in [2.24, 2.45) is 0 Å². The number of rotatable bonds is 5. The molecule has 0 aliphatic carbocycles. The van der Waals surface area contributed by atoms with Crippen molar-refractivity contribution < 1.29 is 4.74 Å². The van der Waals surface area contributed by atoms with E-state index in [9.17, 15) is 4.79 Å². The number of hydrogen-bond acceptors (Lipinski definition) is 6. The third-order valence-corrected chi connectivity index (χ3v) is 5.98. The molecule has 7 nitrogen and oxygen atoms in total. The fraction of sp³-hybridized carbons (Fsp3) is 0. The molecule has 6 aromatic rings. The zero-order valence-corrected chi connectivity index (χ0v) is 19.5. The Morgan fingerprint density at radius 3 is 2.44 bits per heavy atom. The molecule has 0 unspecified atom stereocenters. The van der Waals surface area contributed by atoms with Gasteiger partial charge in [-0.2, -0.15) is 0 Å². The summed E-state index contributed by atoms with van der Waals surface area (Å²) in [6.45, 7) is 0. The van der Waals surface area contributed by atoms with Gasteiger partial charge in [0.2, 0.25) is 0 Å². The quantitative estimate of drug-likeness (QED) is 0.278. The summed E-state index contributed by atoms with van der Waals surface area (Å²) in [6.07, 6.45) is 1.65. The van der Waals surface area contributed by atoms with Crippen LogP contribution in [0.2, 0.25) is 5.02 Å². The van der Waals surface area contributed by atoms with Gasteiger partial charge < -0.3 is 15.0 Å². The van der Waals surface area contributed by atoms with Gasteiger partial charge in [0.1, 0.15) is 11.2 Å². The molecule has 0 saturated carbocycles. The number of benzene rings is 3. The molecule has 36 heavy (non-hydrogen) atoms. The Balaban J connectivity index is 1.40. The number of halogens is 1. The summed E-state index contributed by atoms with van der Waals surface area (Å²) in [5.41, 5.74) is 3.24. The zero-order valence-electron chi connectivity index (χ0n) is 18.8. The van der Waals surface area contributed by atoms with E-state index in [0.717, 1.165) is 22.0 Å². The normalized spacial score (nSPS) is 11.0. The molecular formula is C28H18ClN5O2. The molecule has 2 N–H and O–H groups in total. The second-order valence-electron chi connectivity index (χ2n) is 8.07. The minimum absolute atomic E-state index is 0.273. The van der Waals surface area contributed by atoms with Gasteiger partial charge in [-0.15, -0.1) is 10.2 Å². The van der Waals surface area contributed by atoms with Crippen molar-refractivity contribution in [3.05, 3.63) is 113 Å². The first-order chi connectivity index (χ1) is 17.7. The predicted molar refractivity (Wildman–Crippen MR) is 142 cm³/mol. The molecule has 0 spiro atoms.